The van der Waals surface area contributed by atoms with Gasteiger partial charge in [0.15, 0.2) is 0 Å². The fourth-order valence-electron chi connectivity index (χ4n) is 2.22. The van der Waals surface area contributed by atoms with Crippen molar-refractivity contribution in [3.63, 3.8) is 0 Å². The van der Waals surface area contributed by atoms with Crippen LogP contribution in [0.3, 0.4) is 0 Å². The van der Waals surface area contributed by atoms with Gasteiger partial charge in [-0.2, -0.15) is 4.31 Å². The Morgan fingerprint density at radius 1 is 1.20 bits per heavy atom. The SMILES string of the molecule is CN1CCN(S(=O)(=O)c2ccc(Br)cc2Br)CC1(C)C. The largest absolute Gasteiger partial charge is 0.299 e. The van der Waals surface area contributed by atoms with Gasteiger partial charge in [-0.15, -0.1) is 0 Å². The highest BCUT2D eigenvalue weighted by Crippen LogP contribution is 2.30. The Morgan fingerprint density at radius 2 is 1.85 bits per heavy atom. The second kappa shape index (κ2) is 5.68. The minimum atomic E-state index is -3.46. The zero-order valence-electron chi connectivity index (χ0n) is 11.7. The van der Waals surface area contributed by atoms with Gasteiger partial charge in [-0.05, 0) is 55.0 Å². The van der Waals surface area contributed by atoms with Gasteiger partial charge in [0.1, 0.15) is 0 Å². The molecule has 1 aromatic rings. The average Bonchev–Trinajstić information content (AvgIpc) is 2.31. The van der Waals surface area contributed by atoms with Gasteiger partial charge in [-0.3, -0.25) is 4.90 Å². The lowest BCUT2D eigenvalue weighted by atomic mass is 10.0. The summed E-state index contributed by atoms with van der Waals surface area (Å²) in [6.45, 7) is 5.87. The van der Waals surface area contributed by atoms with E-state index in [-0.39, 0.29) is 5.54 Å². The number of likely N-dealkylation sites (N-methyl/N-ethyl adjacent to an activating group) is 1. The van der Waals surface area contributed by atoms with Crippen LogP contribution in [0.1, 0.15) is 13.8 Å². The molecule has 2 rings (SSSR count). The van der Waals surface area contributed by atoms with E-state index < -0.39 is 10.0 Å². The highest BCUT2D eigenvalue weighted by molar-refractivity contribution is 9.11. The Balaban J connectivity index is 2.36. The molecule has 0 aromatic heterocycles. The molecule has 7 heteroatoms. The summed E-state index contributed by atoms with van der Waals surface area (Å²) >= 11 is 6.68. The van der Waals surface area contributed by atoms with E-state index in [1.807, 2.05) is 7.05 Å². The molecule has 1 aliphatic rings. The van der Waals surface area contributed by atoms with Crippen molar-refractivity contribution < 1.29 is 8.42 Å². The van der Waals surface area contributed by atoms with Crippen LogP contribution >= 0.6 is 31.9 Å². The molecule has 20 heavy (non-hydrogen) atoms. The minimum absolute atomic E-state index is 0.160. The molecule has 1 aliphatic heterocycles. The number of halogens is 2. The van der Waals surface area contributed by atoms with Gasteiger partial charge in [0.05, 0.1) is 4.90 Å². The van der Waals surface area contributed by atoms with Gasteiger partial charge >= 0.3 is 0 Å². The van der Waals surface area contributed by atoms with E-state index in [2.05, 4.69) is 50.6 Å². The lowest BCUT2D eigenvalue weighted by molar-refractivity contribution is 0.0801. The molecule has 1 fully saturated rings. The summed E-state index contributed by atoms with van der Waals surface area (Å²) in [5.41, 5.74) is -0.160. The molecular weight excluding hydrogens is 408 g/mol. The molecule has 0 atom stereocenters. The van der Waals surface area contributed by atoms with Crippen molar-refractivity contribution in [1.29, 1.82) is 0 Å². The van der Waals surface area contributed by atoms with E-state index in [0.717, 1.165) is 11.0 Å². The number of hydrogen-bond acceptors (Lipinski definition) is 3. The second-order valence-corrected chi connectivity index (χ2v) is 9.32. The predicted molar refractivity (Wildman–Crippen MR) is 87.3 cm³/mol. The van der Waals surface area contributed by atoms with E-state index >= 15 is 0 Å². The summed E-state index contributed by atoms with van der Waals surface area (Å²) in [4.78, 5) is 2.51. The van der Waals surface area contributed by atoms with E-state index in [4.69, 9.17) is 0 Å². The van der Waals surface area contributed by atoms with Crippen molar-refractivity contribution in [3.05, 3.63) is 27.1 Å². The molecule has 0 aliphatic carbocycles. The van der Waals surface area contributed by atoms with Crippen LogP contribution in [0.25, 0.3) is 0 Å². The van der Waals surface area contributed by atoms with Gasteiger partial charge < -0.3 is 0 Å². The maximum absolute atomic E-state index is 12.8. The number of piperazine rings is 1. The Kier molecular flexibility index (Phi) is 4.67. The quantitative estimate of drug-likeness (QED) is 0.731. The molecule has 0 saturated carbocycles. The molecule has 112 valence electrons. The van der Waals surface area contributed by atoms with Crippen molar-refractivity contribution in [2.24, 2.45) is 0 Å². The predicted octanol–water partition coefficient (Wildman–Crippen LogP) is 2.93. The fourth-order valence-corrected chi connectivity index (χ4v) is 5.52. The van der Waals surface area contributed by atoms with Crippen LogP contribution in [0, 0.1) is 0 Å². The first kappa shape index (κ1) is 16.4. The van der Waals surface area contributed by atoms with Crippen molar-refractivity contribution in [2.75, 3.05) is 26.7 Å². The van der Waals surface area contributed by atoms with Gasteiger partial charge in [-0.25, -0.2) is 8.42 Å². The molecule has 1 heterocycles. The van der Waals surface area contributed by atoms with Crippen LogP contribution in [-0.4, -0.2) is 49.8 Å². The number of hydrogen-bond donors (Lipinski definition) is 0. The Bertz CT molecular complexity index is 617. The average molecular weight is 426 g/mol. The van der Waals surface area contributed by atoms with Crippen LogP contribution < -0.4 is 0 Å². The number of rotatable bonds is 2. The van der Waals surface area contributed by atoms with Crippen LogP contribution in [0.4, 0.5) is 0 Å². The van der Waals surface area contributed by atoms with Crippen LogP contribution in [0.5, 0.6) is 0 Å². The summed E-state index contributed by atoms with van der Waals surface area (Å²) in [7, 11) is -1.44. The molecule has 0 unspecified atom stereocenters. The van der Waals surface area contributed by atoms with Gasteiger partial charge in [-0.1, -0.05) is 15.9 Å². The molecule has 0 N–H and O–H groups in total. The third-order valence-corrected chi connectivity index (χ3v) is 7.11. The smallest absolute Gasteiger partial charge is 0.244 e. The van der Waals surface area contributed by atoms with E-state index in [1.165, 1.54) is 0 Å². The molecular formula is C13H18Br2N2O2S. The Hall–Kier alpha value is 0.0500. The molecule has 0 radical (unpaired) electrons. The highest BCUT2D eigenvalue weighted by Gasteiger charge is 2.37. The standard InChI is InChI=1S/C13H18Br2N2O2S/c1-13(2)9-17(7-6-16(13)3)20(18,19)12-5-4-10(14)8-11(12)15/h4-5,8H,6-7,9H2,1-3H3. The zero-order valence-corrected chi connectivity index (χ0v) is 15.7. The molecule has 0 spiro atoms. The first-order valence-electron chi connectivity index (χ1n) is 6.31. The zero-order chi connectivity index (χ0) is 15.1. The van der Waals surface area contributed by atoms with Crippen LogP contribution in [0.2, 0.25) is 0 Å². The lowest BCUT2D eigenvalue weighted by Crippen LogP contribution is -2.58. The summed E-state index contributed by atoms with van der Waals surface area (Å²) in [6, 6.07) is 5.14. The number of nitrogens with zero attached hydrogens (tertiary/aromatic N) is 2. The van der Waals surface area contributed by atoms with Crippen molar-refractivity contribution in [2.45, 2.75) is 24.3 Å². The van der Waals surface area contributed by atoms with Crippen molar-refractivity contribution >= 4 is 41.9 Å². The van der Waals surface area contributed by atoms with E-state index in [1.54, 1.807) is 22.5 Å². The van der Waals surface area contributed by atoms with Crippen LogP contribution in [0.15, 0.2) is 32.0 Å². The van der Waals surface area contributed by atoms with Gasteiger partial charge in [0, 0.05) is 34.1 Å². The number of sulfonamides is 1. The van der Waals surface area contributed by atoms with Gasteiger partial charge in [0.25, 0.3) is 0 Å². The summed E-state index contributed by atoms with van der Waals surface area (Å²) in [5, 5.41) is 0. The normalized spacial score (nSPS) is 21.1. The summed E-state index contributed by atoms with van der Waals surface area (Å²) in [5.74, 6) is 0. The fraction of sp³-hybridized carbons (Fsp3) is 0.538. The lowest BCUT2D eigenvalue weighted by Gasteiger charge is -2.44. The first-order valence-corrected chi connectivity index (χ1v) is 9.34. The third-order valence-electron chi connectivity index (χ3n) is 3.79. The second-order valence-electron chi connectivity index (χ2n) is 5.65. The monoisotopic (exact) mass is 424 g/mol. The van der Waals surface area contributed by atoms with Crippen molar-refractivity contribution in [1.82, 2.24) is 9.21 Å². The summed E-state index contributed by atoms with van der Waals surface area (Å²) < 4.78 is 28.6. The molecule has 1 saturated heterocycles. The Morgan fingerprint density at radius 3 is 2.40 bits per heavy atom. The highest BCUT2D eigenvalue weighted by atomic mass is 79.9. The maximum atomic E-state index is 12.8. The van der Waals surface area contributed by atoms with E-state index in [9.17, 15) is 8.42 Å². The summed E-state index contributed by atoms with van der Waals surface area (Å²) in [6.07, 6.45) is 0. The van der Waals surface area contributed by atoms with Crippen molar-refractivity contribution in [3.8, 4) is 0 Å². The van der Waals surface area contributed by atoms with Gasteiger partial charge in [0.2, 0.25) is 10.0 Å². The van der Waals surface area contributed by atoms with E-state index in [0.29, 0.717) is 22.5 Å². The van der Waals surface area contributed by atoms with Crippen LogP contribution in [-0.2, 0) is 10.0 Å². The third kappa shape index (κ3) is 3.11. The molecule has 0 amide bonds. The maximum Gasteiger partial charge on any atom is 0.244 e. The minimum Gasteiger partial charge on any atom is -0.299 e. The Labute approximate surface area is 137 Å². The molecule has 0 bridgehead atoms. The first-order chi connectivity index (χ1) is 9.14. The molecule has 1 aromatic carbocycles. The number of benzene rings is 1. The molecule has 4 nitrogen and oxygen atoms in total. The topological polar surface area (TPSA) is 40.6 Å².